The number of benzene rings is 2. The van der Waals surface area contributed by atoms with Crippen LogP contribution in [0.2, 0.25) is 0 Å². The average Bonchev–Trinajstić information content (AvgIpc) is 3.07. The third kappa shape index (κ3) is 6.23. The van der Waals surface area contributed by atoms with Gasteiger partial charge in [0.15, 0.2) is 23.3 Å². The Morgan fingerprint density at radius 3 is 2.65 bits per heavy atom. The first-order chi connectivity index (χ1) is 14.9. The molecule has 1 amide bonds. The van der Waals surface area contributed by atoms with Gasteiger partial charge in [-0.15, -0.1) is 0 Å². The van der Waals surface area contributed by atoms with Gasteiger partial charge in [-0.25, -0.2) is 9.79 Å². The van der Waals surface area contributed by atoms with Crippen LogP contribution in [-0.2, 0) is 14.3 Å². The fourth-order valence-electron chi connectivity index (χ4n) is 2.63. The van der Waals surface area contributed by atoms with Crippen LogP contribution in [0.25, 0.3) is 6.08 Å². The standard InChI is InChI=1S/C22H21IN2O5S/c1-4-29-17-10-14(9-16(23)20(17)30-12-19(26)28-3)11-18-21(27)25-22(31-18)24-15-7-5-13(2)6-8-15/h5-11H,4,12H2,1-3H3,(H,24,25,27)/b18-11+. The van der Waals surface area contributed by atoms with Crippen LogP contribution in [0, 0.1) is 10.5 Å². The van der Waals surface area contributed by atoms with Gasteiger partial charge in [0, 0.05) is 0 Å². The topological polar surface area (TPSA) is 86.2 Å². The van der Waals surface area contributed by atoms with E-state index in [1.54, 1.807) is 12.1 Å². The Kier molecular flexibility index (Phi) is 7.97. The number of thioether (sulfide) groups is 1. The first-order valence-corrected chi connectivity index (χ1v) is 11.3. The third-order valence-corrected chi connectivity index (χ3v) is 5.82. The quantitative estimate of drug-likeness (QED) is 0.311. The number of hydrogen-bond donors (Lipinski definition) is 1. The summed E-state index contributed by atoms with van der Waals surface area (Å²) in [5, 5.41) is 3.31. The molecule has 1 aliphatic heterocycles. The molecule has 162 valence electrons. The molecule has 1 aliphatic rings. The number of halogens is 1. The van der Waals surface area contributed by atoms with Gasteiger partial charge in [-0.05, 0) is 84.1 Å². The monoisotopic (exact) mass is 552 g/mol. The molecule has 2 aromatic rings. The molecule has 0 aliphatic carbocycles. The Morgan fingerprint density at radius 2 is 1.97 bits per heavy atom. The van der Waals surface area contributed by atoms with Crippen LogP contribution in [0.4, 0.5) is 5.69 Å². The number of hydrogen-bond acceptors (Lipinski definition) is 7. The van der Waals surface area contributed by atoms with Gasteiger partial charge < -0.3 is 19.5 Å². The molecule has 9 heteroatoms. The zero-order valence-electron chi connectivity index (χ0n) is 17.2. The maximum Gasteiger partial charge on any atom is 0.343 e. The van der Waals surface area contributed by atoms with Gasteiger partial charge >= 0.3 is 5.97 Å². The molecule has 0 saturated carbocycles. The summed E-state index contributed by atoms with van der Waals surface area (Å²) < 4.78 is 16.6. The summed E-state index contributed by atoms with van der Waals surface area (Å²) in [6.07, 6.45) is 1.77. The molecular formula is C22H21IN2O5S. The Labute approximate surface area is 198 Å². The predicted octanol–water partition coefficient (Wildman–Crippen LogP) is 4.44. The molecular weight excluding hydrogens is 531 g/mol. The maximum atomic E-state index is 12.4. The second-order valence-electron chi connectivity index (χ2n) is 6.45. The highest BCUT2D eigenvalue weighted by Crippen LogP contribution is 2.36. The molecule has 0 aromatic heterocycles. The molecule has 2 aromatic carbocycles. The average molecular weight is 552 g/mol. The van der Waals surface area contributed by atoms with Gasteiger partial charge in [0.05, 0.1) is 27.9 Å². The number of carbonyl (C=O) groups excluding carboxylic acids is 2. The van der Waals surface area contributed by atoms with Crippen LogP contribution in [0.1, 0.15) is 18.1 Å². The minimum Gasteiger partial charge on any atom is -0.490 e. The Morgan fingerprint density at radius 1 is 1.23 bits per heavy atom. The van der Waals surface area contributed by atoms with Crippen molar-refractivity contribution in [3.63, 3.8) is 0 Å². The van der Waals surface area contributed by atoms with Crippen LogP contribution in [-0.4, -0.2) is 37.4 Å². The smallest absolute Gasteiger partial charge is 0.343 e. The van der Waals surface area contributed by atoms with E-state index in [9.17, 15) is 9.59 Å². The van der Waals surface area contributed by atoms with E-state index < -0.39 is 5.97 Å². The van der Waals surface area contributed by atoms with Crippen LogP contribution >= 0.6 is 34.4 Å². The molecule has 1 N–H and O–H groups in total. The van der Waals surface area contributed by atoms with E-state index in [1.807, 2.05) is 44.2 Å². The zero-order valence-corrected chi connectivity index (χ0v) is 20.2. The lowest BCUT2D eigenvalue weighted by molar-refractivity contribution is -0.143. The molecule has 0 radical (unpaired) electrons. The number of rotatable bonds is 7. The summed E-state index contributed by atoms with van der Waals surface area (Å²) in [4.78, 5) is 28.8. The summed E-state index contributed by atoms with van der Waals surface area (Å²) >= 11 is 3.38. The van der Waals surface area contributed by atoms with Gasteiger partial charge in [0.25, 0.3) is 5.91 Å². The van der Waals surface area contributed by atoms with Crippen molar-refractivity contribution in [2.24, 2.45) is 4.99 Å². The molecule has 0 unspecified atom stereocenters. The lowest BCUT2D eigenvalue weighted by Crippen LogP contribution is -2.19. The number of amidine groups is 1. The van der Waals surface area contributed by atoms with Crippen molar-refractivity contribution in [2.45, 2.75) is 13.8 Å². The van der Waals surface area contributed by atoms with Crippen LogP contribution in [0.3, 0.4) is 0 Å². The number of aliphatic imine (C=N–C) groups is 1. The largest absolute Gasteiger partial charge is 0.490 e. The first kappa shape index (κ1) is 23.1. The van der Waals surface area contributed by atoms with E-state index in [1.165, 1.54) is 18.9 Å². The summed E-state index contributed by atoms with van der Waals surface area (Å²) in [5.74, 6) is 0.251. The van der Waals surface area contributed by atoms with Crippen molar-refractivity contribution in [3.05, 3.63) is 56.0 Å². The molecule has 0 atom stereocenters. The SMILES string of the molecule is CCOc1cc(/C=C2/SC(=Nc3ccc(C)cc3)NC2=O)cc(I)c1OCC(=O)OC. The Bertz CT molecular complexity index is 1050. The fourth-order valence-corrected chi connectivity index (χ4v) is 4.26. The maximum absolute atomic E-state index is 12.4. The van der Waals surface area contributed by atoms with E-state index in [4.69, 9.17) is 9.47 Å². The molecule has 1 fully saturated rings. The predicted molar refractivity (Wildman–Crippen MR) is 130 cm³/mol. The van der Waals surface area contributed by atoms with Crippen molar-refractivity contribution >= 4 is 63.2 Å². The van der Waals surface area contributed by atoms with Gasteiger partial charge in [0.2, 0.25) is 0 Å². The minimum absolute atomic E-state index is 0.213. The lowest BCUT2D eigenvalue weighted by atomic mass is 10.2. The molecule has 0 bridgehead atoms. The van der Waals surface area contributed by atoms with E-state index >= 15 is 0 Å². The van der Waals surface area contributed by atoms with Crippen LogP contribution in [0.5, 0.6) is 11.5 Å². The van der Waals surface area contributed by atoms with Crippen molar-refractivity contribution in [2.75, 3.05) is 20.3 Å². The number of methoxy groups -OCH3 is 1. The molecule has 1 heterocycles. The van der Waals surface area contributed by atoms with Crippen LogP contribution in [0.15, 0.2) is 46.3 Å². The highest BCUT2D eigenvalue weighted by molar-refractivity contribution is 14.1. The molecule has 0 spiro atoms. The second-order valence-corrected chi connectivity index (χ2v) is 8.64. The third-order valence-electron chi connectivity index (χ3n) is 4.11. The van der Waals surface area contributed by atoms with Gasteiger partial charge in [-0.3, -0.25) is 4.79 Å². The Balaban J connectivity index is 1.84. The lowest BCUT2D eigenvalue weighted by Gasteiger charge is -2.14. The highest BCUT2D eigenvalue weighted by Gasteiger charge is 2.24. The van der Waals surface area contributed by atoms with Gasteiger partial charge in [-0.1, -0.05) is 17.7 Å². The molecule has 7 nitrogen and oxygen atoms in total. The van der Waals surface area contributed by atoms with E-state index in [0.717, 1.165) is 20.4 Å². The number of esters is 1. The summed E-state index contributed by atoms with van der Waals surface area (Å²) in [5.41, 5.74) is 2.69. The van der Waals surface area contributed by atoms with E-state index in [-0.39, 0.29) is 12.5 Å². The second kappa shape index (κ2) is 10.7. The van der Waals surface area contributed by atoms with Gasteiger partial charge in [-0.2, -0.15) is 0 Å². The van der Waals surface area contributed by atoms with Crippen LogP contribution < -0.4 is 14.8 Å². The van der Waals surface area contributed by atoms with Crippen molar-refractivity contribution in [1.82, 2.24) is 5.32 Å². The van der Waals surface area contributed by atoms with Crippen molar-refractivity contribution < 1.29 is 23.8 Å². The zero-order chi connectivity index (χ0) is 22.4. The number of nitrogens with zero attached hydrogens (tertiary/aromatic N) is 1. The number of ether oxygens (including phenoxy) is 3. The number of carbonyl (C=O) groups is 2. The number of aryl methyl sites for hydroxylation is 1. The summed E-state index contributed by atoms with van der Waals surface area (Å²) in [7, 11) is 1.30. The normalized spacial score (nSPS) is 15.8. The minimum atomic E-state index is -0.483. The van der Waals surface area contributed by atoms with E-state index in [0.29, 0.717) is 28.2 Å². The summed E-state index contributed by atoms with van der Waals surface area (Å²) in [6, 6.07) is 11.4. The number of amides is 1. The van der Waals surface area contributed by atoms with Crippen molar-refractivity contribution in [3.8, 4) is 11.5 Å². The highest BCUT2D eigenvalue weighted by atomic mass is 127. The first-order valence-electron chi connectivity index (χ1n) is 9.41. The Hall–Kier alpha value is -2.53. The summed E-state index contributed by atoms with van der Waals surface area (Å²) in [6.45, 7) is 4.07. The fraction of sp³-hybridized carbons (Fsp3) is 0.227. The molecule has 31 heavy (non-hydrogen) atoms. The van der Waals surface area contributed by atoms with Gasteiger partial charge in [0.1, 0.15) is 0 Å². The van der Waals surface area contributed by atoms with E-state index in [2.05, 4.69) is 37.6 Å². The number of nitrogens with one attached hydrogen (secondary N) is 1. The molecule has 3 rings (SSSR count). The van der Waals surface area contributed by atoms with Crippen molar-refractivity contribution in [1.29, 1.82) is 0 Å². The molecule has 1 saturated heterocycles.